The molecule has 1 unspecified atom stereocenters. The summed E-state index contributed by atoms with van der Waals surface area (Å²) >= 11 is 0. The van der Waals surface area contributed by atoms with E-state index >= 15 is 0 Å². The van der Waals surface area contributed by atoms with E-state index in [1.165, 1.54) is 6.92 Å². The van der Waals surface area contributed by atoms with Crippen molar-refractivity contribution < 1.29 is 19.2 Å². The van der Waals surface area contributed by atoms with E-state index in [2.05, 4.69) is 17.3 Å². The van der Waals surface area contributed by atoms with Gasteiger partial charge in [0.05, 0.1) is 12.5 Å². The molecule has 2 aromatic rings. The fraction of sp³-hybridized carbons (Fsp3) is 0.333. The summed E-state index contributed by atoms with van der Waals surface area (Å²) in [6.07, 6.45) is 0. The van der Waals surface area contributed by atoms with Crippen molar-refractivity contribution in [3.05, 3.63) is 65.7 Å². The minimum absolute atomic E-state index is 0.393. The molecule has 1 atom stereocenters. The summed E-state index contributed by atoms with van der Waals surface area (Å²) in [4.78, 5) is 30.6. The van der Waals surface area contributed by atoms with Crippen molar-refractivity contribution in [2.75, 3.05) is 31.7 Å². The molecule has 0 aromatic heterocycles. The van der Waals surface area contributed by atoms with Crippen LogP contribution in [0.3, 0.4) is 0 Å². The second-order valence-electron chi connectivity index (χ2n) is 6.07. The predicted molar refractivity (Wildman–Crippen MR) is 104 cm³/mol. The van der Waals surface area contributed by atoms with Crippen molar-refractivity contribution in [1.82, 2.24) is 5.48 Å². The topological polar surface area (TPSA) is 67.9 Å². The van der Waals surface area contributed by atoms with Crippen LogP contribution in [0, 0.1) is 0 Å². The Kier molecular flexibility index (Phi) is 7.82. The van der Waals surface area contributed by atoms with Gasteiger partial charge < -0.3 is 14.5 Å². The zero-order chi connectivity index (χ0) is 19.6. The molecule has 0 heterocycles. The van der Waals surface area contributed by atoms with E-state index < -0.39 is 17.8 Å². The minimum atomic E-state index is -0.575. The Morgan fingerprint density at radius 2 is 1.67 bits per heavy atom. The van der Waals surface area contributed by atoms with Crippen LogP contribution in [-0.2, 0) is 19.2 Å². The van der Waals surface area contributed by atoms with Gasteiger partial charge in [0.1, 0.15) is 0 Å². The smallest absolute Gasteiger partial charge is 0.329 e. The lowest BCUT2D eigenvalue weighted by molar-refractivity contribution is -0.156. The molecule has 0 spiro atoms. The van der Waals surface area contributed by atoms with Gasteiger partial charge in [0.25, 0.3) is 5.91 Å². The van der Waals surface area contributed by atoms with Gasteiger partial charge in [-0.2, -0.15) is 5.48 Å². The monoisotopic (exact) mass is 370 g/mol. The number of carbonyl (C=O) groups excluding carboxylic acids is 2. The molecule has 2 rings (SSSR count). The maximum absolute atomic E-state index is 12.6. The van der Waals surface area contributed by atoms with Crippen LogP contribution in [0.5, 0.6) is 0 Å². The zero-order valence-electron chi connectivity index (χ0n) is 16.0. The highest BCUT2D eigenvalue weighted by Gasteiger charge is 2.23. The SMILES string of the molecule is CCN(CCOC)c1ccc(C(C(=O)NOC(C)=O)c2ccccc2)cc1. The van der Waals surface area contributed by atoms with Gasteiger partial charge in [-0.05, 0) is 30.2 Å². The molecular weight excluding hydrogens is 344 g/mol. The molecular formula is C21H26N2O4. The molecule has 1 amide bonds. The van der Waals surface area contributed by atoms with Crippen LogP contribution in [0.1, 0.15) is 30.9 Å². The van der Waals surface area contributed by atoms with Gasteiger partial charge in [0.15, 0.2) is 0 Å². The molecule has 0 bridgehead atoms. The van der Waals surface area contributed by atoms with Crippen molar-refractivity contribution in [1.29, 1.82) is 0 Å². The summed E-state index contributed by atoms with van der Waals surface area (Å²) in [7, 11) is 1.68. The normalized spacial score (nSPS) is 11.5. The van der Waals surface area contributed by atoms with Crippen LogP contribution in [-0.4, -0.2) is 38.7 Å². The second-order valence-corrected chi connectivity index (χ2v) is 6.07. The number of nitrogens with zero attached hydrogens (tertiary/aromatic N) is 1. The first-order valence-electron chi connectivity index (χ1n) is 8.92. The van der Waals surface area contributed by atoms with E-state index in [1.54, 1.807) is 7.11 Å². The fourth-order valence-corrected chi connectivity index (χ4v) is 2.87. The van der Waals surface area contributed by atoms with Crippen molar-refractivity contribution >= 4 is 17.6 Å². The van der Waals surface area contributed by atoms with Crippen molar-refractivity contribution in [2.24, 2.45) is 0 Å². The summed E-state index contributed by atoms with van der Waals surface area (Å²) in [5, 5.41) is 0. The molecule has 1 N–H and O–H groups in total. The summed E-state index contributed by atoms with van der Waals surface area (Å²) in [5.74, 6) is -1.54. The van der Waals surface area contributed by atoms with E-state index in [9.17, 15) is 9.59 Å². The maximum atomic E-state index is 12.6. The summed E-state index contributed by atoms with van der Waals surface area (Å²) in [5.41, 5.74) is 4.94. The number of hydroxylamine groups is 1. The number of hydrogen-bond acceptors (Lipinski definition) is 5. The van der Waals surface area contributed by atoms with Crippen LogP contribution < -0.4 is 10.4 Å². The van der Waals surface area contributed by atoms with E-state index in [0.717, 1.165) is 29.9 Å². The number of likely N-dealkylation sites (N-methyl/N-ethyl adjacent to an activating group) is 1. The van der Waals surface area contributed by atoms with Crippen LogP contribution in [0.15, 0.2) is 54.6 Å². The standard InChI is InChI=1S/C21H26N2O4/c1-4-23(14-15-26-3)19-12-10-18(11-13-19)20(17-8-6-5-7-9-17)21(25)22-27-16(2)24/h5-13,20H,4,14-15H2,1-3H3,(H,22,25). The number of rotatable bonds is 8. The number of carbonyl (C=O) groups is 2. The third-order valence-electron chi connectivity index (χ3n) is 4.23. The number of ether oxygens (including phenoxy) is 1. The maximum Gasteiger partial charge on any atom is 0.329 e. The van der Waals surface area contributed by atoms with Gasteiger partial charge in [-0.1, -0.05) is 42.5 Å². The molecule has 27 heavy (non-hydrogen) atoms. The Labute approximate surface area is 160 Å². The van der Waals surface area contributed by atoms with Crippen molar-refractivity contribution in [3.8, 4) is 0 Å². The van der Waals surface area contributed by atoms with Crippen LogP contribution in [0.4, 0.5) is 5.69 Å². The van der Waals surface area contributed by atoms with E-state index in [1.807, 2.05) is 54.6 Å². The lowest BCUT2D eigenvalue weighted by Crippen LogP contribution is -2.31. The molecule has 6 nitrogen and oxygen atoms in total. The largest absolute Gasteiger partial charge is 0.383 e. The molecule has 0 fully saturated rings. The van der Waals surface area contributed by atoms with E-state index in [-0.39, 0.29) is 0 Å². The average Bonchev–Trinajstić information content (AvgIpc) is 2.69. The Balaban J connectivity index is 2.27. The minimum Gasteiger partial charge on any atom is -0.383 e. The lowest BCUT2D eigenvalue weighted by Gasteiger charge is -2.24. The number of anilines is 1. The molecule has 0 aliphatic carbocycles. The first-order chi connectivity index (χ1) is 13.1. The highest BCUT2D eigenvalue weighted by molar-refractivity contribution is 5.87. The van der Waals surface area contributed by atoms with Gasteiger partial charge in [-0.3, -0.25) is 9.59 Å². The Morgan fingerprint density at radius 3 is 2.22 bits per heavy atom. The molecule has 144 valence electrons. The highest BCUT2D eigenvalue weighted by atomic mass is 16.7. The molecule has 0 radical (unpaired) electrons. The number of methoxy groups -OCH3 is 1. The quantitative estimate of drug-likeness (QED) is 0.724. The number of hydrogen-bond donors (Lipinski definition) is 1. The van der Waals surface area contributed by atoms with E-state index in [4.69, 9.17) is 9.57 Å². The van der Waals surface area contributed by atoms with Crippen LogP contribution >= 0.6 is 0 Å². The second kappa shape index (κ2) is 10.3. The predicted octanol–water partition coefficient (Wildman–Crippen LogP) is 2.89. The summed E-state index contributed by atoms with van der Waals surface area (Å²) in [6, 6.07) is 17.2. The van der Waals surface area contributed by atoms with Crippen molar-refractivity contribution in [3.63, 3.8) is 0 Å². The number of benzene rings is 2. The number of nitrogens with one attached hydrogen (secondary N) is 1. The van der Waals surface area contributed by atoms with Crippen LogP contribution in [0.25, 0.3) is 0 Å². The summed E-state index contributed by atoms with van der Waals surface area (Å²) < 4.78 is 5.16. The van der Waals surface area contributed by atoms with Crippen LogP contribution in [0.2, 0.25) is 0 Å². The Bertz CT molecular complexity index is 732. The van der Waals surface area contributed by atoms with Gasteiger partial charge in [-0.25, -0.2) is 0 Å². The summed E-state index contributed by atoms with van der Waals surface area (Å²) in [6.45, 7) is 5.63. The molecule has 0 saturated carbocycles. The van der Waals surface area contributed by atoms with Gasteiger partial charge >= 0.3 is 5.97 Å². The van der Waals surface area contributed by atoms with Gasteiger partial charge in [0.2, 0.25) is 0 Å². The van der Waals surface area contributed by atoms with Gasteiger partial charge in [-0.15, -0.1) is 0 Å². The first-order valence-corrected chi connectivity index (χ1v) is 8.92. The first kappa shape index (κ1) is 20.5. The molecule has 2 aromatic carbocycles. The fourth-order valence-electron chi connectivity index (χ4n) is 2.87. The lowest BCUT2D eigenvalue weighted by atomic mass is 9.90. The third kappa shape index (κ3) is 5.82. The molecule has 0 aliphatic rings. The molecule has 0 aliphatic heterocycles. The third-order valence-corrected chi connectivity index (χ3v) is 4.23. The zero-order valence-corrected chi connectivity index (χ0v) is 16.0. The highest BCUT2D eigenvalue weighted by Crippen LogP contribution is 2.27. The Hall–Kier alpha value is -2.86. The number of amides is 1. The molecule has 6 heteroatoms. The van der Waals surface area contributed by atoms with E-state index in [0.29, 0.717) is 6.61 Å². The Morgan fingerprint density at radius 1 is 1.04 bits per heavy atom. The average molecular weight is 370 g/mol. The molecule has 0 saturated heterocycles. The van der Waals surface area contributed by atoms with Crippen molar-refractivity contribution in [2.45, 2.75) is 19.8 Å². The van der Waals surface area contributed by atoms with Gasteiger partial charge in [0, 0.05) is 32.8 Å².